The van der Waals surface area contributed by atoms with Crippen molar-refractivity contribution >= 4 is 23.4 Å². The first-order chi connectivity index (χ1) is 10.1. The average molecular weight is 282 g/mol. The number of nitrogens with zero attached hydrogens (tertiary/aromatic N) is 3. The predicted molar refractivity (Wildman–Crippen MR) is 72.5 cm³/mol. The highest BCUT2D eigenvalue weighted by atomic mass is 16.5. The summed E-state index contributed by atoms with van der Waals surface area (Å²) >= 11 is 0. The molecule has 2 heterocycles. The summed E-state index contributed by atoms with van der Waals surface area (Å²) in [5, 5.41) is 1.01. The lowest BCUT2D eigenvalue weighted by molar-refractivity contribution is -0.112. The van der Waals surface area contributed by atoms with Gasteiger partial charge in [0.2, 0.25) is 5.95 Å². The van der Waals surface area contributed by atoms with E-state index in [1.807, 2.05) is 0 Å². The van der Waals surface area contributed by atoms with Gasteiger partial charge in [0.15, 0.2) is 0 Å². The van der Waals surface area contributed by atoms with Crippen LogP contribution < -0.4 is 16.3 Å². The number of ether oxygens (including phenoxy) is 1. The highest BCUT2D eigenvalue weighted by Gasteiger charge is 2.20. The van der Waals surface area contributed by atoms with Gasteiger partial charge in [-0.25, -0.2) is 19.8 Å². The summed E-state index contributed by atoms with van der Waals surface area (Å²) in [5.41, 5.74) is 6.61. The maximum atomic E-state index is 12.1. The highest BCUT2D eigenvalue weighted by molar-refractivity contribution is 6.20. The lowest BCUT2D eigenvalue weighted by Crippen LogP contribution is -2.25. The third-order valence-electron chi connectivity index (χ3n) is 3.05. The van der Waals surface area contributed by atoms with Gasteiger partial charge in [-0.15, -0.1) is 0 Å². The van der Waals surface area contributed by atoms with Crippen LogP contribution in [0.25, 0.3) is 5.57 Å². The van der Waals surface area contributed by atoms with Gasteiger partial charge in [0.05, 0.1) is 29.3 Å². The minimum Gasteiger partial charge on any atom is -0.465 e. The second-order valence-electron chi connectivity index (χ2n) is 4.32. The molecule has 0 aliphatic carbocycles. The number of nitrogens with two attached hydrogens (primary N) is 1. The van der Waals surface area contributed by atoms with Crippen LogP contribution in [-0.4, -0.2) is 29.0 Å². The molecule has 3 rings (SSSR count). The SMILES string of the molecule is COC(=O)c1ccc2c(c1)=NC(=O)C=2c1ccnc(N)n1. The van der Waals surface area contributed by atoms with Gasteiger partial charge >= 0.3 is 5.97 Å². The number of aromatic nitrogens is 2. The van der Waals surface area contributed by atoms with E-state index in [4.69, 9.17) is 5.73 Å². The van der Waals surface area contributed by atoms with Gasteiger partial charge in [0, 0.05) is 11.4 Å². The molecule has 7 nitrogen and oxygen atoms in total. The quantitative estimate of drug-likeness (QED) is 0.723. The highest BCUT2D eigenvalue weighted by Crippen LogP contribution is 2.12. The first-order valence-corrected chi connectivity index (χ1v) is 6.05. The number of rotatable bonds is 2. The summed E-state index contributed by atoms with van der Waals surface area (Å²) in [4.78, 5) is 35.3. The average Bonchev–Trinajstić information content (AvgIpc) is 2.81. The maximum Gasteiger partial charge on any atom is 0.337 e. The van der Waals surface area contributed by atoms with Gasteiger partial charge in [0.1, 0.15) is 0 Å². The van der Waals surface area contributed by atoms with Crippen LogP contribution in [0, 0.1) is 0 Å². The first kappa shape index (κ1) is 12.9. The van der Waals surface area contributed by atoms with Gasteiger partial charge in [-0.1, -0.05) is 6.07 Å². The zero-order valence-electron chi connectivity index (χ0n) is 11.0. The second kappa shape index (κ2) is 4.78. The molecule has 0 spiro atoms. The number of carbonyl (C=O) groups excluding carboxylic acids is 2. The molecule has 104 valence electrons. The number of hydrogen-bond acceptors (Lipinski definition) is 6. The number of fused-ring (bicyclic) bond motifs is 1. The van der Waals surface area contributed by atoms with Crippen molar-refractivity contribution in [3.8, 4) is 0 Å². The number of amides is 1. The van der Waals surface area contributed by atoms with E-state index in [9.17, 15) is 9.59 Å². The number of hydrogen-bond donors (Lipinski definition) is 1. The fourth-order valence-corrected chi connectivity index (χ4v) is 2.12. The van der Waals surface area contributed by atoms with Crippen LogP contribution in [0.1, 0.15) is 16.1 Å². The smallest absolute Gasteiger partial charge is 0.337 e. The summed E-state index contributed by atoms with van der Waals surface area (Å²) in [6.07, 6.45) is 1.47. The molecule has 2 aromatic rings. The van der Waals surface area contributed by atoms with Crippen molar-refractivity contribution in [2.45, 2.75) is 0 Å². The summed E-state index contributed by atoms with van der Waals surface area (Å²) in [6.45, 7) is 0. The molecule has 7 heteroatoms. The van der Waals surface area contributed by atoms with E-state index in [-0.39, 0.29) is 5.95 Å². The maximum absolute atomic E-state index is 12.1. The van der Waals surface area contributed by atoms with Crippen molar-refractivity contribution in [2.75, 3.05) is 12.8 Å². The molecule has 0 radical (unpaired) electrons. The van der Waals surface area contributed by atoms with Gasteiger partial charge in [-0.3, -0.25) is 4.79 Å². The Kier molecular flexibility index (Phi) is 2.94. The number of methoxy groups -OCH3 is 1. The normalized spacial score (nSPS) is 12.8. The van der Waals surface area contributed by atoms with Crippen LogP contribution in [0.2, 0.25) is 0 Å². The Hall–Kier alpha value is -3.09. The van der Waals surface area contributed by atoms with E-state index < -0.39 is 11.9 Å². The first-order valence-electron chi connectivity index (χ1n) is 6.05. The largest absolute Gasteiger partial charge is 0.465 e. The van der Waals surface area contributed by atoms with E-state index in [0.717, 1.165) is 0 Å². The Morgan fingerprint density at radius 1 is 1.29 bits per heavy atom. The lowest BCUT2D eigenvalue weighted by atomic mass is 10.1. The molecule has 0 atom stereocenters. The van der Waals surface area contributed by atoms with E-state index in [1.54, 1.807) is 18.2 Å². The molecule has 1 aromatic heterocycles. The fraction of sp³-hybridized carbons (Fsp3) is 0.0714. The molecule has 0 saturated carbocycles. The van der Waals surface area contributed by atoms with Gasteiger partial charge < -0.3 is 10.5 Å². The summed E-state index contributed by atoms with van der Waals surface area (Å²) in [7, 11) is 1.29. The molecule has 2 N–H and O–H groups in total. The Balaban J connectivity index is 2.24. The Labute approximate surface area is 118 Å². The minimum absolute atomic E-state index is 0.0763. The monoisotopic (exact) mass is 282 g/mol. The lowest BCUT2D eigenvalue weighted by Gasteiger charge is -2.00. The topological polar surface area (TPSA) is 108 Å². The van der Waals surface area contributed by atoms with Crippen molar-refractivity contribution in [1.29, 1.82) is 0 Å². The third kappa shape index (κ3) is 2.14. The fourth-order valence-electron chi connectivity index (χ4n) is 2.12. The van der Waals surface area contributed by atoms with Crippen molar-refractivity contribution in [3.05, 3.63) is 52.3 Å². The zero-order chi connectivity index (χ0) is 15.0. The number of anilines is 1. The summed E-state index contributed by atoms with van der Waals surface area (Å²) in [5.74, 6) is -0.835. The van der Waals surface area contributed by atoms with E-state index in [0.29, 0.717) is 27.4 Å². The van der Waals surface area contributed by atoms with Crippen molar-refractivity contribution in [2.24, 2.45) is 4.99 Å². The van der Waals surface area contributed by atoms with E-state index >= 15 is 0 Å². The van der Waals surface area contributed by atoms with Crippen LogP contribution in [0.15, 0.2) is 35.5 Å². The predicted octanol–water partition coefficient (Wildman–Crippen LogP) is -0.796. The third-order valence-corrected chi connectivity index (χ3v) is 3.05. The van der Waals surface area contributed by atoms with Crippen LogP contribution in [-0.2, 0) is 9.53 Å². The number of carbonyl (C=O) groups is 2. The molecule has 0 unspecified atom stereocenters. The van der Waals surface area contributed by atoms with Crippen molar-refractivity contribution in [3.63, 3.8) is 0 Å². The molecule has 1 aliphatic heterocycles. The number of esters is 1. The summed E-state index contributed by atoms with van der Waals surface area (Å²) < 4.78 is 4.64. The molecule has 1 aliphatic rings. The molecular weight excluding hydrogens is 272 g/mol. The Morgan fingerprint density at radius 3 is 2.81 bits per heavy atom. The molecule has 0 fully saturated rings. The van der Waals surface area contributed by atoms with Crippen LogP contribution in [0.5, 0.6) is 0 Å². The molecule has 0 bridgehead atoms. The minimum atomic E-state index is -0.486. The zero-order valence-corrected chi connectivity index (χ0v) is 11.0. The summed E-state index contributed by atoms with van der Waals surface area (Å²) in [6, 6.07) is 6.31. The number of benzene rings is 1. The van der Waals surface area contributed by atoms with Gasteiger partial charge in [-0.2, -0.15) is 0 Å². The molecule has 21 heavy (non-hydrogen) atoms. The molecule has 1 aromatic carbocycles. The molecule has 0 saturated heterocycles. The van der Waals surface area contributed by atoms with Crippen molar-refractivity contribution in [1.82, 2.24) is 9.97 Å². The Bertz CT molecular complexity index is 889. The van der Waals surface area contributed by atoms with Crippen LogP contribution in [0.4, 0.5) is 5.95 Å². The molecule has 1 amide bonds. The molecular formula is C14H10N4O3. The van der Waals surface area contributed by atoms with Crippen LogP contribution in [0.3, 0.4) is 0 Å². The van der Waals surface area contributed by atoms with E-state index in [2.05, 4.69) is 19.7 Å². The van der Waals surface area contributed by atoms with Gasteiger partial charge in [0.25, 0.3) is 5.91 Å². The Morgan fingerprint density at radius 2 is 2.10 bits per heavy atom. The second-order valence-corrected chi connectivity index (χ2v) is 4.32. The van der Waals surface area contributed by atoms with Crippen LogP contribution >= 0.6 is 0 Å². The number of nitrogen functional groups attached to an aromatic ring is 1. The standard InChI is InChI=1S/C14H10N4O3/c1-21-13(20)7-2-3-8-10(6-7)17-12(19)11(8)9-4-5-16-14(15)18-9/h2-6H,1H3,(H2,15,16,18). The van der Waals surface area contributed by atoms with E-state index in [1.165, 1.54) is 19.4 Å². The van der Waals surface area contributed by atoms with Gasteiger partial charge in [-0.05, 0) is 18.2 Å². The van der Waals surface area contributed by atoms with Crippen molar-refractivity contribution < 1.29 is 14.3 Å².